The first-order chi connectivity index (χ1) is 14.4. The van der Waals surface area contributed by atoms with Gasteiger partial charge in [-0.1, -0.05) is 27.5 Å². The minimum Gasteiger partial charge on any atom is -0.493 e. The van der Waals surface area contributed by atoms with Crippen molar-refractivity contribution >= 4 is 39.1 Å². The van der Waals surface area contributed by atoms with E-state index in [4.69, 9.17) is 25.5 Å². The van der Waals surface area contributed by atoms with Gasteiger partial charge in [-0.3, -0.25) is 4.79 Å². The van der Waals surface area contributed by atoms with Crippen LogP contribution in [0.1, 0.15) is 16.3 Å². The Morgan fingerprint density at radius 3 is 2.60 bits per heavy atom. The Labute approximate surface area is 183 Å². The van der Waals surface area contributed by atoms with Gasteiger partial charge in [0.2, 0.25) is 0 Å². The van der Waals surface area contributed by atoms with Crippen LogP contribution in [0.25, 0.3) is 0 Å². The lowest BCUT2D eigenvalue weighted by Gasteiger charge is -2.11. The van der Waals surface area contributed by atoms with Crippen LogP contribution < -0.4 is 19.5 Å². The molecule has 0 radical (unpaired) electrons. The molecule has 0 saturated heterocycles. The average molecular weight is 503 g/mol. The zero-order valence-electron chi connectivity index (χ0n) is 15.5. The van der Waals surface area contributed by atoms with Gasteiger partial charge in [0.15, 0.2) is 17.3 Å². The average Bonchev–Trinajstić information content (AvgIpc) is 3.17. The second-order valence-corrected chi connectivity index (χ2v) is 7.15. The normalized spacial score (nSPS) is 10.7. The smallest absolute Gasteiger partial charge is 0.387 e. The summed E-state index contributed by atoms with van der Waals surface area (Å²) < 4.78 is 46.1. The van der Waals surface area contributed by atoms with Crippen LogP contribution in [-0.4, -0.2) is 19.6 Å². The van der Waals surface area contributed by atoms with E-state index in [1.807, 2.05) is 0 Å². The number of ether oxygens (including phenoxy) is 3. The van der Waals surface area contributed by atoms with Crippen molar-refractivity contribution in [2.75, 3.05) is 12.4 Å². The van der Waals surface area contributed by atoms with Gasteiger partial charge in [0.1, 0.15) is 18.1 Å². The third-order valence-electron chi connectivity index (χ3n) is 3.79. The number of hydrogen-bond donors (Lipinski definition) is 1. The summed E-state index contributed by atoms with van der Waals surface area (Å²) in [7, 11) is 1.30. The Morgan fingerprint density at radius 1 is 1.13 bits per heavy atom. The number of nitrogens with one attached hydrogen (secondary N) is 1. The molecule has 6 nitrogen and oxygen atoms in total. The van der Waals surface area contributed by atoms with Crippen LogP contribution in [0.2, 0.25) is 5.02 Å². The zero-order chi connectivity index (χ0) is 21.7. The highest BCUT2D eigenvalue weighted by Crippen LogP contribution is 2.32. The van der Waals surface area contributed by atoms with Gasteiger partial charge in [-0.05, 0) is 42.5 Å². The number of rotatable bonds is 8. The van der Waals surface area contributed by atoms with E-state index in [0.717, 1.165) is 4.47 Å². The number of carbonyl (C=O) groups is 1. The number of hydrogen-bond acceptors (Lipinski definition) is 5. The molecule has 0 unspecified atom stereocenters. The fourth-order valence-electron chi connectivity index (χ4n) is 2.45. The summed E-state index contributed by atoms with van der Waals surface area (Å²) in [5.41, 5.74) is 0.314. The Kier molecular flexibility index (Phi) is 7.17. The molecule has 0 aliphatic heterocycles. The van der Waals surface area contributed by atoms with Gasteiger partial charge in [-0.15, -0.1) is 0 Å². The first-order valence-electron chi connectivity index (χ1n) is 8.46. The van der Waals surface area contributed by atoms with Crippen LogP contribution in [0.15, 0.2) is 57.4 Å². The van der Waals surface area contributed by atoms with E-state index in [1.165, 1.54) is 31.4 Å². The predicted octanol–water partition coefficient (Wildman–Crippen LogP) is 6.14. The molecule has 3 aromatic rings. The summed E-state index contributed by atoms with van der Waals surface area (Å²) in [5.74, 6) is 0.301. The maximum absolute atomic E-state index is 12.4. The summed E-state index contributed by atoms with van der Waals surface area (Å²) in [5, 5.41) is 3.03. The van der Waals surface area contributed by atoms with Crippen LogP contribution >= 0.6 is 27.5 Å². The maximum atomic E-state index is 12.4. The zero-order valence-corrected chi connectivity index (χ0v) is 17.8. The van der Waals surface area contributed by atoms with Crippen molar-refractivity contribution in [3.05, 3.63) is 69.5 Å². The molecule has 0 spiro atoms. The number of benzene rings is 2. The summed E-state index contributed by atoms with van der Waals surface area (Å²) in [6, 6.07) is 12.3. The second kappa shape index (κ2) is 9.82. The van der Waals surface area contributed by atoms with Crippen LogP contribution in [0.4, 0.5) is 14.5 Å². The van der Waals surface area contributed by atoms with Gasteiger partial charge < -0.3 is 23.9 Å². The van der Waals surface area contributed by atoms with E-state index in [1.54, 1.807) is 24.3 Å². The fraction of sp³-hybridized carbons (Fsp3) is 0.150. The van der Waals surface area contributed by atoms with E-state index >= 15 is 0 Å². The molecule has 158 valence electrons. The molecule has 1 N–H and O–H groups in total. The molecule has 0 fully saturated rings. The van der Waals surface area contributed by atoms with E-state index < -0.39 is 12.5 Å². The van der Waals surface area contributed by atoms with Gasteiger partial charge in [-0.25, -0.2) is 0 Å². The van der Waals surface area contributed by atoms with Gasteiger partial charge in [0.25, 0.3) is 5.91 Å². The lowest BCUT2D eigenvalue weighted by atomic mass is 10.2. The van der Waals surface area contributed by atoms with Crippen LogP contribution in [0, 0.1) is 0 Å². The molecule has 0 bridgehead atoms. The first-order valence-corrected chi connectivity index (χ1v) is 9.63. The Bertz CT molecular complexity index is 1040. The van der Waals surface area contributed by atoms with Crippen LogP contribution in [0.5, 0.6) is 17.2 Å². The summed E-state index contributed by atoms with van der Waals surface area (Å²) in [4.78, 5) is 12.4. The summed E-state index contributed by atoms with van der Waals surface area (Å²) >= 11 is 9.41. The predicted molar refractivity (Wildman–Crippen MR) is 110 cm³/mol. The van der Waals surface area contributed by atoms with Gasteiger partial charge in [0, 0.05) is 16.2 Å². The first kappa shape index (κ1) is 21.9. The Hall–Kier alpha value is -2.78. The molecule has 10 heteroatoms. The molecule has 1 heterocycles. The highest BCUT2D eigenvalue weighted by Gasteiger charge is 2.15. The minimum atomic E-state index is -2.99. The lowest BCUT2D eigenvalue weighted by molar-refractivity contribution is -0.0512. The van der Waals surface area contributed by atoms with Crippen molar-refractivity contribution in [2.45, 2.75) is 13.2 Å². The molecule has 1 amide bonds. The topological polar surface area (TPSA) is 69.9 Å². The maximum Gasteiger partial charge on any atom is 0.387 e. The Balaban J connectivity index is 1.63. The Morgan fingerprint density at radius 2 is 1.90 bits per heavy atom. The molecular weight excluding hydrogens is 488 g/mol. The van der Waals surface area contributed by atoms with Crippen molar-refractivity contribution < 1.29 is 32.2 Å². The van der Waals surface area contributed by atoms with Crippen molar-refractivity contribution in [1.29, 1.82) is 0 Å². The number of halogens is 4. The minimum absolute atomic E-state index is 0.0439. The number of alkyl halides is 2. The summed E-state index contributed by atoms with van der Waals surface area (Å²) in [6.45, 7) is -2.92. The monoisotopic (exact) mass is 501 g/mol. The van der Waals surface area contributed by atoms with Gasteiger partial charge >= 0.3 is 6.61 Å². The molecule has 0 saturated carbocycles. The largest absolute Gasteiger partial charge is 0.493 e. The molecular formula is C20H15BrClF2NO5. The molecule has 0 atom stereocenters. The highest BCUT2D eigenvalue weighted by atomic mass is 79.9. The van der Waals surface area contributed by atoms with Crippen molar-refractivity contribution in [3.63, 3.8) is 0 Å². The van der Waals surface area contributed by atoms with E-state index in [2.05, 4.69) is 26.0 Å². The molecule has 3 rings (SSSR count). The molecule has 0 aliphatic rings. The summed E-state index contributed by atoms with van der Waals surface area (Å²) in [6.07, 6.45) is 0. The molecule has 30 heavy (non-hydrogen) atoms. The number of methoxy groups -OCH3 is 1. The molecule has 1 aromatic heterocycles. The number of amides is 1. The van der Waals surface area contributed by atoms with Gasteiger partial charge in [0.05, 0.1) is 12.1 Å². The van der Waals surface area contributed by atoms with Gasteiger partial charge in [-0.2, -0.15) is 8.78 Å². The fourth-order valence-corrected chi connectivity index (χ4v) is 3.18. The van der Waals surface area contributed by atoms with Crippen molar-refractivity contribution in [1.82, 2.24) is 0 Å². The third kappa shape index (κ3) is 5.64. The lowest BCUT2D eigenvalue weighted by Crippen LogP contribution is -2.11. The highest BCUT2D eigenvalue weighted by molar-refractivity contribution is 9.10. The van der Waals surface area contributed by atoms with Crippen LogP contribution in [0.3, 0.4) is 0 Å². The number of anilines is 1. The second-order valence-electron chi connectivity index (χ2n) is 5.83. The molecule has 0 aliphatic carbocycles. The third-order valence-corrected chi connectivity index (χ3v) is 4.58. The van der Waals surface area contributed by atoms with Crippen LogP contribution in [-0.2, 0) is 6.61 Å². The van der Waals surface area contributed by atoms with E-state index in [-0.39, 0.29) is 23.9 Å². The number of furan rings is 1. The van der Waals surface area contributed by atoms with Crippen molar-refractivity contribution in [3.8, 4) is 17.2 Å². The molecule has 2 aromatic carbocycles. The number of carbonyl (C=O) groups excluding carboxylic acids is 1. The quantitative estimate of drug-likeness (QED) is 0.401. The standard InChI is InChI=1S/C20H15BrClF2NO5/c1-27-18-9-12(3-6-16(18)30-20(23)24)25-19(26)17-7-4-13(29-17)10-28-15-5-2-11(21)8-14(15)22/h2-9,20H,10H2,1H3,(H,25,26). The SMILES string of the molecule is COc1cc(NC(=O)c2ccc(COc3ccc(Br)cc3Cl)o2)ccc1OC(F)F. The van der Waals surface area contributed by atoms with E-state index in [9.17, 15) is 13.6 Å². The van der Waals surface area contributed by atoms with E-state index in [0.29, 0.717) is 22.2 Å². The van der Waals surface area contributed by atoms with Crippen molar-refractivity contribution in [2.24, 2.45) is 0 Å².